The first-order valence-corrected chi connectivity index (χ1v) is 23.5. The van der Waals surface area contributed by atoms with Gasteiger partial charge in [-0.15, -0.1) is 0 Å². The molecule has 0 heterocycles. The second kappa shape index (κ2) is 41.4. The van der Waals surface area contributed by atoms with Crippen molar-refractivity contribution in [3.05, 3.63) is 60.8 Å². The van der Waals surface area contributed by atoms with Gasteiger partial charge in [0.15, 0.2) is 6.10 Å². The molecule has 0 saturated carbocycles. The van der Waals surface area contributed by atoms with Gasteiger partial charge in [-0.2, -0.15) is 0 Å². The molecule has 55 heavy (non-hydrogen) atoms. The van der Waals surface area contributed by atoms with Crippen LogP contribution in [0, 0.1) is 0 Å². The highest BCUT2D eigenvalue weighted by Gasteiger charge is 2.24. The van der Waals surface area contributed by atoms with E-state index in [1.54, 1.807) is 0 Å². The fourth-order valence-electron chi connectivity index (χ4n) is 5.88. The lowest BCUT2D eigenvalue weighted by molar-refractivity contribution is -0.161. The Morgan fingerprint density at radius 3 is 1.40 bits per heavy atom. The Hall–Kier alpha value is -2.25. The van der Waals surface area contributed by atoms with Crippen molar-refractivity contribution < 1.29 is 37.6 Å². The summed E-state index contributed by atoms with van der Waals surface area (Å²) in [5.41, 5.74) is 0. The van der Waals surface area contributed by atoms with Gasteiger partial charge < -0.3 is 14.4 Å². The SMILES string of the molecule is CC/C=C\C/C=C\C/C=C\C/C=C\CCCCCCC(=O)OC(COC(=O)CCCCCCCCCCC/C=C\CCCCCCCC)COP(=O)(O)OC. The Morgan fingerprint density at radius 2 is 0.927 bits per heavy atom. The molecule has 0 rings (SSSR count). The smallest absolute Gasteiger partial charge is 0.462 e. The molecule has 0 spiro atoms. The van der Waals surface area contributed by atoms with Crippen molar-refractivity contribution in [3.63, 3.8) is 0 Å². The van der Waals surface area contributed by atoms with Gasteiger partial charge in [-0.3, -0.25) is 18.6 Å². The predicted octanol–water partition coefficient (Wildman–Crippen LogP) is 13.9. The lowest BCUT2D eigenvalue weighted by Crippen LogP contribution is -2.29. The molecule has 0 aliphatic carbocycles. The van der Waals surface area contributed by atoms with Crippen molar-refractivity contribution in [2.45, 2.75) is 200 Å². The summed E-state index contributed by atoms with van der Waals surface area (Å²) in [5.74, 6) is -0.835. The summed E-state index contributed by atoms with van der Waals surface area (Å²) in [6.07, 6.45) is 51.3. The summed E-state index contributed by atoms with van der Waals surface area (Å²) in [6, 6.07) is 0. The quantitative estimate of drug-likeness (QED) is 0.0283. The number of rotatable bonds is 40. The number of hydrogen-bond donors (Lipinski definition) is 1. The maximum Gasteiger partial charge on any atom is 0.472 e. The summed E-state index contributed by atoms with van der Waals surface area (Å²) in [7, 11) is -3.22. The van der Waals surface area contributed by atoms with Crippen molar-refractivity contribution in [2.24, 2.45) is 0 Å². The molecule has 0 aromatic rings. The number of phosphoric ester groups is 1. The molecule has 0 aromatic heterocycles. The monoisotopic (exact) mass is 793 g/mol. The summed E-state index contributed by atoms with van der Waals surface area (Å²) in [4.78, 5) is 34.5. The highest BCUT2D eigenvalue weighted by atomic mass is 31.2. The molecule has 2 unspecified atom stereocenters. The van der Waals surface area contributed by atoms with E-state index in [-0.39, 0.29) is 25.4 Å². The van der Waals surface area contributed by atoms with Crippen LogP contribution in [0.15, 0.2) is 60.8 Å². The lowest BCUT2D eigenvalue weighted by atomic mass is 10.1. The van der Waals surface area contributed by atoms with E-state index in [9.17, 15) is 19.0 Å². The van der Waals surface area contributed by atoms with E-state index in [1.165, 1.54) is 89.9 Å². The van der Waals surface area contributed by atoms with Gasteiger partial charge in [-0.25, -0.2) is 4.57 Å². The molecular formula is C46H81O8P. The van der Waals surface area contributed by atoms with E-state index >= 15 is 0 Å². The number of esters is 2. The van der Waals surface area contributed by atoms with Crippen molar-refractivity contribution in [1.82, 2.24) is 0 Å². The molecule has 0 radical (unpaired) electrons. The Bertz CT molecular complexity index is 1080. The molecule has 318 valence electrons. The van der Waals surface area contributed by atoms with E-state index in [1.807, 2.05) is 0 Å². The molecule has 0 fully saturated rings. The van der Waals surface area contributed by atoms with Crippen LogP contribution in [0.2, 0.25) is 0 Å². The first kappa shape index (κ1) is 52.8. The Labute approximate surface area is 337 Å². The first-order valence-electron chi connectivity index (χ1n) is 22.0. The van der Waals surface area contributed by atoms with Crippen LogP contribution in [0.4, 0.5) is 0 Å². The highest BCUT2D eigenvalue weighted by Crippen LogP contribution is 2.42. The topological polar surface area (TPSA) is 108 Å². The van der Waals surface area contributed by atoms with Crippen LogP contribution >= 0.6 is 7.82 Å². The van der Waals surface area contributed by atoms with Crippen LogP contribution in [-0.4, -0.2) is 43.3 Å². The van der Waals surface area contributed by atoms with E-state index in [4.69, 9.17) is 14.0 Å². The molecule has 2 atom stereocenters. The van der Waals surface area contributed by atoms with Crippen molar-refractivity contribution in [2.75, 3.05) is 20.3 Å². The molecule has 0 bridgehead atoms. The molecule has 8 nitrogen and oxygen atoms in total. The summed E-state index contributed by atoms with van der Waals surface area (Å²) in [5, 5.41) is 0. The van der Waals surface area contributed by atoms with Gasteiger partial charge in [0, 0.05) is 20.0 Å². The molecule has 0 saturated heterocycles. The molecular weight excluding hydrogens is 711 g/mol. The largest absolute Gasteiger partial charge is 0.472 e. The van der Waals surface area contributed by atoms with Crippen LogP contribution in [0.3, 0.4) is 0 Å². The van der Waals surface area contributed by atoms with Gasteiger partial charge in [-0.05, 0) is 77.0 Å². The van der Waals surface area contributed by atoms with Gasteiger partial charge in [0.05, 0.1) is 6.61 Å². The molecule has 1 N–H and O–H groups in total. The van der Waals surface area contributed by atoms with Crippen LogP contribution < -0.4 is 0 Å². The zero-order valence-electron chi connectivity index (χ0n) is 35.3. The standard InChI is InChI=1S/C46H81O8P/c1-4-6-8-10-12-14-16-18-20-22-23-25-26-28-30-32-34-36-38-40-45(47)52-42-44(43-53-55(49,50)51-3)54-46(48)41-39-37-35-33-31-29-27-24-21-19-17-15-13-11-9-7-5-2/h7,9,13,15,18-21,27,29,44H,4-6,8,10-12,14,16-17,22-26,28,30-43H2,1-3H3,(H,49,50)/b9-7-,15-13-,20-18-,21-19-,29-27-. The number of carbonyl (C=O) groups is 2. The van der Waals surface area contributed by atoms with Crippen molar-refractivity contribution in [1.29, 1.82) is 0 Å². The minimum atomic E-state index is -4.27. The van der Waals surface area contributed by atoms with E-state index in [0.29, 0.717) is 6.42 Å². The molecule has 0 amide bonds. The number of phosphoric acid groups is 1. The van der Waals surface area contributed by atoms with Crippen LogP contribution in [0.5, 0.6) is 0 Å². The van der Waals surface area contributed by atoms with Gasteiger partial charge in [0.25, 0.3) is 0 Å². The zero-order chi connectivity index (χ0) is 40.3. The summed E-state index contributed by atoms with van der Waals surface area (Å²) >= 11 is 0. The van der Waals surface area contributed by atoms with Crippen molar-refractivity contribution in [3.8, 4) is 0 Å². The maximum absolute atomic E-state index is 12.5. The van der Waals surface area contributed by atoms with E-state index < -0.39 is 26.5 Å². The minimum absolute atomic E-state index is 0.214. The summed E-state index contributed by atoms with van der Waals surface area (Å²) < 4.78 is 32.0. The van der Waals surface area contributed by atoms with Crippen molar-refractivity contribution >= 4 is 19.8 Å². The normalized spacial score (nSPS) is 13.9. The number of carbonyl (C=O) groups excluding carboxylic acids is 2. The molecule has 0 aliphatic rings. The van der Waals surface area contributed by atoms with Gasteiger partial charge in [0.2, 0.25) is 0 Å². The van der Waals surface area contributed by atoms with E-state index in [2.05, 4.69) is 79.1 Å². The van der Waals surface area contributed by atoms with Crippen LogP contribution in [0.1, 0.15) is 194 Å². The Balaban J connectivity index is 4.02. The first-order chi connectivity index (χ1) is 26.8. The Morgan fingerprint density at radius 1 is 0.527 bits per heavy atom. The zero-order valence-corrected chi connectivity index (χ0v) is 36.2. The number of hydrogen-bond acceptors (Lipinski definition) is 7. The number of allylic oxidation sites excluding steroid dienone is 10. The van der Waals surface area contributed by atoms with Gasteiger partial charge >= 0.3 is 19.8 Å². The van der Waals surface area contributed by atoms with E-state index in [0.717, 1.165) is 77.7 Å². The second-order valence-corrected chi connectivity index (χ2v) is 16.0. The van der Waals surface area contributed by atoms with Crippen LogP contribution in [0.25, 0.3) is 0 Å². The third-order valence-electron chi connectivity index (χ3n) is 9.25. The Kier molecular flexibility index (Phi) is 39.7. The molecule has 9 heteroatoms. The fourth-order valence-corrected chi connectivity index (χ4v) is 6.34. The third kappa shape index (κ3) is 41.2. The third-order valence-corrected chi connectivity index (χ3v) is 10.2. The minimum Gasteiger partial charge on any atom is -0.462 e. The van der Waals surface area contributed by atoms with Gasteiger partial charge in [-0.1, -0.05) is 164 Å². The average Bonchev–Trinajstić information content (AvgIpc) is 3.18. The average molecular weight is 793 g/mol. The maximum atomic E-state index is 12.5. The predicted molar refractivity (Wildman–Crippen MR) is 230 cm³/mol. The molecule has 0 aromatic carbocycles. The number of unbranched alkanes of at least 4 members (excludes halogenated alkanes) is 19. The second-order valence-electron chi connectivity index (χ2n) is 14.4. The van der Waals surface area contributed by atoms with Crippen LogP contribution in [-0.2, 0) is 32.7 Å². The highest BCUT2D eigenvalue weighted by molar-refractivity contribution is 7.47. The summed E-state index contributed by atoms with van der Waals surface area (Å²) in [6.45, 7) is 3.75. The molecule has 0 aliphatic heterocycles. The fraction of sp³-hybridized carbons (Fsp3) is 0.739. The van der Waals surface area contributed by atoms with Gasteiger partial charge in [0.1, 0.15) is 6.61 Å². The lowest BCUT2D eigenvalue weighted by Gasteiger charge is -2.19. The number of ether oxygens (including phenoxy) is 2.